The van der Waals surface area contributed by atoms with Crippen LogP contribution < -0.4 is 20.5 Å². The van der Waals surface area contributed by atoms with Gasteiger partial charge in [0.15, 0.2) is 0 Å². The maximum atomic E-state index is 12.5. The fourth-order valence-corrected chi connectivity index (χ4v) is 2.07. The van der Waals surface area contributed by atoms with Crippen molar-refractivity contribution in [3.8, 4) is 11.5 Å². The molecule has 21 heavy (non-hydrogen) atoms. The van der Waals surface area contributed by atoms with E-state index in [4.69, 9.17) is 15.2 Å². The smallest absolute Gasteiger partial charge is 0.254 e. The SMILES string of the molecule is CCC(CC)(CO)NC(=O)c1cc(OC)cc(OC)c1N. The third-order valence-corrected chi connectivity index (χ3v) is 3.85. The molecule has 1 aromatic rings. The summed E-state index contributed by atoms with van der Waals surface area (Å²) in [7, 11) is 2.98. The number of nitrogens with one attached hydrogen (secondary N) is 1. The van der Waals surface area contributed by atoms with Gasteiger partial charge in [-0.1, -0.05) is 13.8 Å². The number of anilines is 1. The summed E-state index contributed by atoms with van der Waals surface area (Å²) in [6.07, 6.45) is 1.24. The highest BCUT2D eigenvalue weighted by Crippen LogP contribution is 2.31. The third kappa shape index (κ3) is 3.58. The minimum atomic E-state index is -0.653. The number of methoxy groups -OCH3 is 2. The summed E-state index contributed by atoms with van der Waals surface area (Å²) in [5.41, 5.74) is 5.82. The molecule has 118 valence electrons. The van der Waals surface area contributed by atoms with Crippen LogP contribution in [0.1, 0.15) is 37.0 Å². The number of carbonyl (C=O) groups is 1. The van der Waals surface area contributed by atoms with Crippen LogP contribution in [0.5, 0.6) is 11.5 Å². The number of nitrogen functional groups attached to an aromatic ring is 1. The average Bonchev–Trinajstić information content (AvgIpc) is 2.52. The van der Waals surface area contributed by atoms with Gasteiger partial charge < -0.3 is 25.6 Å². The molecule has 1 rings (SSSR count). The molecule has 0 aromatic heterocycles. The van der Waals surface area contributed by atoms with Crippen LogP contribution >= 0.6 is 0 Å². The van der Waals surface area contributed by atoms with E-state index in [9.17, 15) is 9.90 Å². The van der Waals surface area contributed by atoms with Gasteiger partial charge in [0.25, 0.3) is 5.91 Å². The van der Waals surface area contributed by atoms with Gasteiger partial charge in [0, 0.05) is 6.07 Å². The van der Waals surface area contributed by atoms with Crippen LogP contribution in [-0.4, -0.2) is 37.4 Å². The van der Waals surface area contributed by atoms with Crippen molar-refractivity contribution < 1.29 is 19.4 Å². The van der Waals surface area contributed by atoms with Gasteiger partial charge >= 0.3 is 0 Å². The highest BCUT2D eigenvalue weighted by molar-refractivity contribution is 6.01. The van der Waals surface area contributed by atoms with Gasteiger partial charge in [0.1, 0.15) is 11.5 Å². The zero-order valence-electron chi connectivity index (χ0n) is 13.0. The topological polar surface area (TPSA) is 93.8 Å². The van der Waals surface area contributed by atoms with Crippen molar-refractivity contribution in [3.05, 3.63) is 17.7 Å². The monoisotopic (exact) mass is 296 g/mol. The first-order valence-corrected chi connectivity index (χ1v) is 6.91. The van der Waals surface area contributed by atoms with E-state index in [2.05, 4.69) is 5.32 Å². The Morgan fingerprint density at radius 3 is 2.33 bits per heavy atom. The van der Waals surface area contributed by atoms with E-state index in [1.165, 1.54) is 14.2 Å². The van der Waals surface area contributed by atoms with E-state index in [1.54, 1.807) is 12.1 Å². The standard InChI is InChI=1S/C15H24N2O4/c1-5-15(6-2,9-18)17-14(19)11-7-10(20-3)8-12(21-4)13(11)16/h7-8,18H,5-6,9,16H2,1-4H3,(H,17,19). The van der Waals surface area contributed by atoms with E-state index in [1.807, 2.05) is 13.8 Å². The van der Waals surface area contributed by atoms with Gasteiger partial charge in [0.05, 0.1) is 37.6 Å². The Labute approximate surface area is 125 Å². The summed E-state index contributed by atoms with van der Waals surface area (Å²) >= 11 is 0. The molecule has 1 amide bonds. The molecule has 6 nitrogen and oxygen atoms in total. The maximum absolute atomic E-state index is 12.5. The maximum Gasteiger partial charge on any atom is 0.254 e. The highest BCUT2D eigenvalue weighted by atomic mass is 16.5. The van der Waals surface area contributed by atoms with Crippen LogP contribution in [0.4, 0.5) is 5.69 Å². The Balaban J connectivity index is 3.17. The van der Waals surface area contributed by atoms with Crippen molar-refractivity contribution >= 4 is 11.6 Å². The number of aliphatic hydroxyl groups excluding tert-OH is 1. The molecule has 0 aliphatic carbocycles. The number of hydrogen-bond acceptors (Lipinski definition) is 5. The second kappa shape index (κ2) is 7.17. The van der Waals surface area contributed by atoms with Crippen molar-refractivity contribution in [1.82, 2.24) is 5.32 Å². The largest absolute Gasteiger partial charge is 0.497 e. The lowest BCUT2D eigenvalue weighted by molar-refractivity contribution is 0.0818. The minimum Gasteiger partial charge on any atom is -0.497 e. The van der Waals surface area contributed by atoms with Gasteiger partial charge in [0.2, 0.25) is 0 Å². The Bertz CT molecular complexity index is 490. The predicted molar refractivity (Wildman–Crippen MR) is 81.8 cm³/mol. The molecule has 0 unspecified atom stereocenters. The molecule has 1 aromatic carbocycles. The molecule has 4 N–H and O–H groups in total. The lowest BCUT2D eigenvalue weighted by Crippen LogP contribution is -2.50. The number of benzene rings is 1. The van der Waals surface area contributed by atoms with Crippen LogP contribution in [-0.2, 0) is 0 Å². The molecule has 0 spiro atoms. The Morgan fingerprint density at radius 2 is 1.90 bits per heavy atom. The van der Waals surface area contributed by atoms with Crippen LogP contribution in [0.25, 0.3) is 0 Å². The number of ether oxygens (including phenoxy) is 2. The number of carbonyl (C=O) groups excluding carboxylic acids is 1. The highest BCUT2D eigenvalue weighted by Gasteiger charge is 2.29. The first kappa shape index (κ1) is 17.1. The van der Waals surface area contributed by atoms with E-state index in [0.717, 1.165) is 0 Å². The normalized spacial score (nSPS) is 11.1. The second-order valence-electron chi connectivity index (χ2n) is 4.89. The molecule has 0 fully saturated rings. The average molecular weight is 296 g/mol. The Kier molecular flexibility index (Phi) is 5.84. The lowest BCUT2D eigenvalue weighted by Gasteiger charge is -2.31. The minimum absolute atomic E-state index is 0.132. The summed E-state index contributed by atoms with van der Waals surface area (Å²) in [4.78, 5) is 12.5. The number of nitrogens with two attached hydrogens (primary N) is 1. The van der Waals surface area contributed by atoms with E-state index in [0.29, 0.717) is 24.3 Å². The first-order chi connectivity index (χ1) is 9.96. The molecule has 0 radical (unpaired) electrons. The number of aliphatic hydroxyl groups is 1. The lowest BCUT2D eigenvalue weighted by atomic mass is 9.93. The van der Waals surface area contributed by atoms with Crippen LogP contribution in [0.2, 0.25) is 0 Å². The van der Waals surface area contributed by atoms with Crippen molar-refractivity contribution in [3.63, 3.8) is 0 Å². The van der Waals surface area contributed by atoms with Gasteiger partial charge in [-0.25, -0.2) is 0 Å². The fourth-order valence-electron chi connectivity index (χ4n) is 2.07. The molecule has 0 saturated heterocycles. The van der Waals surface area contributed by atoms with Crippen molar-refractivity contribution in [1.29, 1.82) is 0 Å². The molecule has 0 aliphatic rings. The van der Waals surface area contributed by atoms with Crippen LogP contribution in [0, 0.1) is 0 Å². The quantitative estimate of drug-likeness (QED) is 0.664. The van der Waals surface area contributed by atoms with Crippen LogP contribution in [0.15, 0.2) is 12.1 Å². The van der Waals surface area contributed by atoms with E-state index in [-0.39, 0.29) is 23.8 Å². The summed E-state index contributed by atoms with van der Waals surface area (Å²) in [5, 5.41) is 12.4. The van der Waals surface area contributed by atoms with Crippen molar-refractivity contribution in [2.24, 2.45) is 0 Å². The molecule has 0 bridgehead atoms. The fraction of sp³-hybridized carbons (Fsp3) is 0.533. The second-order valence-corrected chi connectivity index (χ2v) is 4.89. The molecular weight excluding hydrogens is 272 g/mol. The summed E-state index contributed by atoms with van der Waals surface area (Å²) in [6, 6.07) is 3.17. The zero-order chi connectivity index (χ0) is 16.0. The molecule has 0 saturated carbocycles. The Hall–Kier alpha value is -1.95. The van der Waals surface area contributed by atoms with E-state index < -0.39 is 5.54 Å². The number of hydrogen-bond donors (Lipinski definition) is 3. The third-order valence-electron chi connectivity index (χ3n) is 3.85. The molecular formula is C15H24N2O4. The van der Waals surface area contributed by atoms with Gasteiger partial charge in [-0.05, 0) is 18.9 Å². The zero-order valence-corrected chi connectivity index (χ0v) is 13.0. The molecule has 0 aliphatic heterocycles. The van der Waals surface area contributed by atoms with Crippen LogP contribution in [0.3, 0.4) is 0 Å². The van der Waals surface area contributed by atoms with Crippen molar-refractivity contribution in [2.45, 2.75) is 32.2 Å². The number of rotatable bonds is 7. The number of amides is 1. The summed E-state index contributed by atoms with van der Waals surface area (Å²) in [6.45, 7) is 3.69. The van der Waals surface area contributed by atoms with Gasteiger partial charge in [-0.15, -0.1) is 0 Å². The van der Waals surface area contributed by atoms with Crippen molar-refractivity contribution in [2.75, 3.05) is 26.6 Å². The first-order valence-electron chi connectivity index (χ1n) is 6.91. The Morgan fingerprint density at radius 1 is 1.29 bits per heavy atom. The van der Waals surface area contributed by atoms with Gasteiger partial charge in [-0.3, -0.25) is 4.79 Å². The summed E-state index contributed by atoms with van der Waals surface area (Å²) in [5.74, 6) is 0.498. The van der Waals surface area contributed by atoms with Gasteiger partial charge in [-0.2, -0.15) is 0 Å². The molecule has 0 atom stereocenters. The molecule has 0 heterocycles. The molecule has 6 heteroatoms. The summed E-state index contributed by atoms with van der Waals surface area (Å²) < 4.78 is 10.3. The van der Waals surface area contributed by atoms with E-state index >= 15 is 0 Å². The predicted octanol–water partition coefficient (Wildman–Crippen LogP) is 1.57.